The van der Waals surface area contributed by atoms with Crippen LogP contribution in [-0.2, 0) is 5.54 Å². The molecular weight excluding hydrogens is 266 g/mol. The molecule has 0 aromatic heterocycles. The van der Waals surface area contributed by atoms with Crippen LogP contribution in [0.25, 0.3) is 0 Å². The minimum Gasteiger partial charge on any atom is -0.505 e. The summed E-state index contributed by atoms with van der Waals surface area (Å²) in [6.07, 6.45) is 4.73. The fourth-order valence-electron chi connectivity index (χ4n) is 3.20. The summed E-state index contributed by atoms with van der Waals surface area (Å²) in [5.74, 6) is 0.0220. The molecule has 1 fully saturated rings. The molecule has 19 heavy (non-hydrogen) atoms. The van der Waals surface area contributed by atoms with Crippen molar-refractivity contribution in [2.75, 3.05) is 11.1 Å². The topological polar surface area (TPSA) is 87.4 Å². The van der Waals surface area contributed by atoms with Gasteiger partial charge in [-0.15, -0.1) is 0 Å². The second kappa shape index (κ2) is 4.20. The zero-order chi connectivity index (χ0) is 13.6. The van der Waals surface area contributed by atoms with Crippen LogP contribution in [0.5, 0.6) is 5.75 Å². The third-order valence-electron chi connectivity index (χ3n) is 4.06. The van der Waals surface area contributed by atoms with Gasteiger partial charge in [-0.25, -0.2) is 4.79 Å². The van der Waals surface area contributed by atoms with E-state index < -0.39 is 5.54 Å². The number of halogens is 1. The molecule has 0 radical (unpaired) electrons. The number of carbonyl (C=O) groups is 1. The second-order valence-corrected chi connectivity index (χ2v) is 5.68. The van der Waals surface area contributed by atoms with Crippen LogP contribution in [-0.4, -0.2) is 11.1 Å². The van der Waals surface area contributed by atoms with Gasteiger partial charge in [-0.3, -0.25) is 0 Å². The Morgan fingerprint density at radius 2 is 2.00 bits per heavy atom. The van der Waals surface area contributed by atoms with Crippen LogP contribution in [0.1, 0.15) is 37.7 Å². The molecule has 1 aliphatic heterocycles. The summed E-state index contributed by atoms with van der Waals surface area (Å²) in [4.78, 5) is 11.9. The number of fused-ring (bicyclic) bond motifs is 2. The lowest BCUT2D eigenvalue weighted by Gasteiger charge is -2.43. The third-order valence-corrected chi connectivity index (χ3v) is 4.36. The number of hydrogen-bond acceptors (Lipinski definition) is 3. The lowest BCUT2D eigenvalue weighted by atomic mass is 9.74. The zero-order valence-electron chi connectivity index (χ0n) is 10.4. The summed E-state index contributed by atoms with van der Waals surface area (Å²) >= 11 is 6.15. The fraction of sp³-hybridized carbons (Fsp3) is 0.462. The van der Waals surface area contributed by atoms with Gasteiger partial charge < -0.3 is 21.5 Å². The molecule has 1 heterocycles. The Kier molecular flexibility index (Phi) is 2.74. The minimum absolute atomic E-state index is 0.0220. The van der Waals surface area contributed by atoms with Gasteiger partial charge in [0, 0.05) is 5.56 Å². The smallest absolute Gasteiger partial charge is 0.319 e. The van der Waals surface area contributed by atoms with E-state index in [2.05, 4.69) is 10.6 Å². The summed E-state index contributed by atoms with van der Waals surface area (Å²) < 4.78 is 0. The summed E-state index contributed by atoms with van der Waals surface area (Å²) in [5.41, 5.74) is 6.62. The highest BCUT2D eigenvalue weighted by molar-refractivity contribution is 6.34. The van der Waals surface area contributed by atoms with Crippen molar-refractivity contribution < 1.29 is 9.90 Å². The molecule has 1 spiro atoms. The number of hydrogen-bond donors (Lipinski definition) is 4. The average Bonchev–Trinajstić information content (AvgIpc) is 2.36. The van der Waals surface area contributed by atoms with Crippen molar-refractivity contribution in [3.05, 3.63) is 16.7 Å². The van der Waals surface area contributed by atoms with Crippen molar-refractivity contribution in [3.63, 3.8) is 0 Å². The van der Waals surface area contributed by atoms with Crippen LogP contribution in [0.4, 0.5) is 16.2 Å². The summed E-state index contributed by atoms with van der Waals surface area (Å²) in [7, 11) is 0. The number of rotatable bonds is 0. The number of nitrogen functional groups attached to an aromatic ring is 1. The number of carbonyl (C=O) groups excluding carboxylic acids is 1. The van der Waals surface area contributed by atoms with Gasteiger partial charge in [-0.1, -0.05) is 30.9 Å². The summed E-state index contributed by atoms with van der Waals surface area (Å²) in [6.45, 7) is 0. The van der Waals surface area contributed by atoms with E-state index >= 15 is 0 Å². The van der Waals surface area contributed by atoms with Gasteiger partial charge in [0.15, 0.2) is 0 Å². The molecule has 0 atom stereocenters. The Bertz CT molecular complexity index is 553. The van der Waals surface area contributed by atoms with E-state index in [0.29, 0.717) is 16.3 Å². The molecule has 0 unspecified atom stereocenters. The largest absolute Gasteiger partial charge is 0.505 e. The first-order chi connectivity index (χ1) is 9.03. The number of anilines is 2. The van der Waals surface area contributed by atoms with E-state index in [-0.39, 0.29) is 17.5 Å². The van der Waals surface area contributed by atoms with Gasteiger partial charge in [-0.2, -0.15) is 0 Å². The molecule has 5 nitrogen and oxygen atoms in total. The van der Waals surface area contributed by atoms with E-state index in [9.17, 15) is 9.90 Å². The highest BCUT2D eigenvalue weighted by atomic mass is 35.5. The van der Waals surface area contributed by atoms with Crippen LogP contribution in [0.15, 0.2) is 6.07 Å². The van der Waals surface area contributed by atoms with E-state index in [1.807, 2.05) is 0 Å². The van der Waals surface area contributed by atoms with Crippen molar-refractivity contribution in [1.29, 1.82) is 0 Å². The van der Waals surface area contributed by atoms with E-state index in [4.69, 9.17) is 17.3 Å². The molecule has 1 saturated carbocycles. The second-order valence-electron chi connectivity index (χ2n) is 5.27. The SMILES string of the molecule is Nc1cc(Cl)c2c(c1O)C1(CCCCC1)NC(=O)N2. The maximum absolute atomic E-state index is 11.9. The van der Waals surface area contributed by atoms with E-state index in [1.165, 1.54) is 6.07 Å². The van der Waals surface area contributed by atoms with Gasteiger partial charge >= 0.3 is 6.03 Å². The van der Waals surface area contributed by atoms with Gasteiger partial charge in [0.05, 0.1) is 21.9 Å². The quantitative estimate of drug-likeness (QED) is 0.435. The van der Waals surface area contributed by atoms with Gasteiger partial charge in [-0.05, 0) is 18.9 Å². The molecule has 3 rings (SSSR count). The number of benzene rings is 1. The maximum Gasteiger partial charge on any atom is 0.319 e. The fourth-order valence-corrected chi connectivity index (χ4v) is 3.46. The highest BCUT2D eigenvalue weighted by Crippen LogP contribution is 2.50. The van der Waals surface area contributed by atoms with Gasteiger partial charge in [0.1, 0.15) is 5.75 Å². The minimum atomic E-state index is -0.543. The molecule has 6 heteroatoms. The molecule has 5 N–H and O–H groups in total. The predicted molar refractivity (Wildman–Crippen MR) is 74.4 cm³/mol. The Balaban J connectivity index is 2.24. The zero-order valence-corrected chi connectivity index (χ0v) is 11.2. The Hall–Kier alpha value is -1.62. The van der Waals surface area contributed by atoms with Crippen LogP contribution in [0.2, 0.25) is 5.02 Å². The van der Waals surface area contributed by atoms with Crippen LogP contribution >= 0.6 is 11.6 Å². The molecule has 0 bridgehead atoms. The maximum atomic E-state index is 11.9. The van der Waals surface area contributed by atoms with Crippen molar-refractivity contribution in [2.24, 2.45) is 0 Å². The number of nitrogens with two attached hydrogens (primary N) is 1. The van der Waals surface area contributed by atoms with E-state index in [1.54, 1.807) is 0 Å². The third kappa shape index (κ3) is 1.80. The average molecular weight is 282 g/mol. The Labute approximate surface area is 116 Å². The molecular formula is C13H16ClN3O2. The summed E-state index contributed by atoms with van der Waals surface area (Å²) in [6, 6.07) is 1.19. The number of aromatic hydroxyl groups is 1. The normalized spacial score (nSPS) is 20.6. The van der Waals surface area contributed by atoms with Gasteiger partial charge in [0.25, 0.3) is 0 Å². The molecule has 1 aromatic rings. The van der Waals surface area contributed by atoms with Crippen molar-refractivity contribution in [3.8, 4) is 5.75 Å². The first kappa shape index (κ1) is 12.4. The standard InChI is InChI=1S/C13H16ClN3O2/c14-7-6-8(15)11(18)9-10(7)16-12(19)17-13(9)4-2-1-3-5-13/h6,18H,1-5,15H2,(H2,16,17,19). The van der Waals surface area contributed by atoms with Crippen molar-refractivity contribution in [2.45, 2.75) is 37.6 Å². The number of phenolic OH excluding ortho intramolecular Hbond substituents is 1. The van der Waals surface area contributed by atoms with Crippen molar-refractivity contribution >= 4 is 29.0 Å². The van der Waals surface area contributed by atoms with Crippen LogP contribution < -0.4 is 16.4 Å². The summed E-state index contributed by atoms with van der Waals surface area (Å²) in [5, 5.41) is 16.3. The molecule has 102 valence electrons. The van der Waals surface area contributed by atoms with E-state index in [0.717, 1.165) is 32.1 Å². The monoisotopic (exact) mass is 281 g/mol. The number of urea groups is 1. The molecule has 0 saturated heterocycles. The predicted octanol–water partition coefficient (Wildman–Crippen LogP) is 2.92. The van der Waals surface area contributed by atoms with Crippen molar-refractivity contribution in [1.82, 2.24) is 5.32 Å². The van der Waals surface area contributed by atoms with Crippen LogP contribution in [0.3, 0.4) is 0 Å². The first-order valence-electron chi connectivity index (χ1n) is 6.44. The molecule has 1 aliphatic carbocycles. The first-order valence-corrected chi connectivity index (χ1v) is 6.82. The Morgan fingerprint density at radius 3 is 2.68 bits per heavy atom. The molecule has 2 aliphatic rings. The molecule has 2 amide bonds. The number of phenols is 1. The lowest BCUT2D eigenvalue weighted by Crippen LogP contribution is -2.52. The lowest BCUT2D eigenvalue weighted by molar-refractivity contribution is 0.206. The van der Waals surface area contributed by atoms with Crippen LogP contribution in [0, 0.1) is 0 Å². The van der Waals surface area contributed by atoms with Gasteiger partial charge in [0.2, 0.25) is 0 Å². The Morgan fingerprint density at radius 1 is 1.32 bits per heavy atom. The molecule has 1 aromatic carbocycles. The number of amides is 2. The number of nitrogens with one attached hydrogen (secondary N) is 2. The highest BCUT2D eigenvalue weighted by Gasteiger charge is 2.43.